The Hall–Kier alpha value is -0.370. The minimum Gasteiger partial charge on any atom is -0.249 e. The normalized spacial score (nSPS) is 13.4. The highest BCUT2D eigenvalue weighted by Crippen LogP contribution is 2.21. The SMILES string of the molecule is CCCC(C)c1nccs1. The Morgan fingerprint density at radius 3 is 3.00 bits per heavy atom. The second kappa shape index (κ2) is 3.71. The van der Waals surface area contributed by atoms with E-state index in [4.69, 9.17) is 0 Å². The summed E-state index contributed by atoms with van der Waals surface area (Å²) in [6.07, 6.45) is 4.39. The van der Waals surface area contributed by atoms with Crippen LogP contribution in [0.3, 0.4) is 0 Å². The maximum absolute atomic E-state index is 4.25. The molecule has 1 atom stereocenters. The van der Waals surface area contributed by atoms with E-state index in [1.165, 1.54) is 17.8 Å². The fourth-order valence-electron chi connectivity index (χ4n) is 1.03. The van der Waals surface area contributed by atoms with Crippen LogP contribution in [0, 0.1) is 0 Å². The molecule has 1 nitrogen and oxygen atoms in total. The molecule has 10 heavy (non-hydrogen) atoms. The van der Waals surface area contributed by atoms with Gasteiger partial charge in [0.05, 0.1) is 5.01 Å². The van der Waals surface area contributed by atoms with Crippen molar-refractivity contribution in [1.29, 1.82) is 0 Å². The highest BCUT2D eigenvalue weighted by Gasteiger charge is 2.04. The zero-order valence-electron chi connectivity index (χ0n) is 6.50. The molecule has 0 amide bonds. The van der Waals surface area contributed by atoms with Gasteiger partial charge in [-0.3, -0.25) is 0 Å². The van der Waals surface area contributed by atoms with Crippen molar-refractivity contribution >= 4 is 11.3 Å². The molecule has 2 heteroatoms. The Bertz CT molecular complexity index is 169. The third-order valence-corrected chi connectivity index (χ3v) is 2.60. The molecular weight excluding hydrogens is 142 g/mol. The minimum atomic E-state index is 0.657. The maximum Gasteiger partial charge on any atom is 0.0953 e. The van der Waals surface area contributed by atoms with Gasteiger partial charge in [-0.2, -0.15) is 0 Å². The van der Waals surface area contributed by atoms with E-state index in [-0.39, 0.29) is 0 Å². The Labute approximate surface area is 66.1 Å². The van der Waals surface area contributed by atoms with Gasteiger partial charge < -0.3 is 0 Å². The first-order valence-corrected chi connectivity index (χ1v) is 4.62. The summed E-state index contributed by atoms with van der Waals surface area (Å²) in [6.45, 7) is 4.45. The van der Waals surface area contributed by atoms with Crippen LogP contribution < -0.4 is 0 Å². The van der Waals surface area contributed by atoms with Gasteiger partial charge in [0.1, 0.15) is 0 Å². The van der Waals surface area contributed by atoms with Crippen LogP contribution in [0.4, 0.5) is 0 Å². The third kappa shape index (κ3) is 1.81. The highest BCUT2D eigenvalue weighted by molar-refractivity contribution is 7.09. The average Bonchev–Trinajstić information content (AvgIpc) is 2.38. The summed E-state index contributed by atoms with van der Waals surface area (Å²) < 4.78 is 0. The second-order valence-electron chi connectivity index (χ2n) is 2.56. The smallest absolute Gasteiger partial charge is 0.0953 e. The fraction of sp³-hybridized carbons (Fsp3) is 0.625. The van der Waals surface area contributed by atoms with Crippen molar-refractivity contribution in [2.24, 2.45) is 0 Å². The molecule has 0 aromatic carbocycles. The molecule has 0 radical (unpaired) electrons. The number of hydrogen-bond acceptors (Lipinski definition) is 2. The first-order valence-electron chi connectivity index (χ1n) is 3.74. The van der Waals surface area contributed by atoms with E-state index in [2.05, 4.69) is 18.8 Å². The first-order chi connectivity index (χ1) is 4.84. The molecule has 0 bridgehead atoms. The molecule has 0 saturated heterocycles. The molecule has 1 aromatic rings. The van der Waals surface area contributed by atoms with Crippen LogP contribution in [0.15, 0.2) is 11.6 Å². The monoisotopic (exact) mass is 155 g/mol. The lowest BCUT2D eigenvalue weighted by Gasteiger charge is -2.03. The van der Waals surface area contributed by atoms with Gasteiger partial charge in [0.15, 0.2) is 0 Å². The molecule has 1 aromatic heterocycles. The number of nitrogens with zero attached hydrogens (tertiary/aromatic N) is 1. The van der Waals surface area contributed by atoms with Crippen molar-refractivity contribution in [3.63, 3.8) is 0 Å². The standard InChI is InChI=1S/C8H13NS/c1-3-4-7(2)8-9-5-6-10-8/h5-7H,3-4H2,1-2H3. The van der Waals surface area contributed by atoms with E-state index >= 15 is 0 Å². The molecule has 0 fully saturated rings. The molecule has 0 saturated carbocycles. The zero-order valence-corrected chi connectivity index (χ0v) is 7.32. The lowest BCUT2D eigenvalue weighted by molar-refractivity contribution is 0.660. The molecule has 1 rings (SSSR count). The molecule has 1 unspecified atom stereocenters. The van der Waals surface area contributed by atoms with Crippen molar-refractivity contribution in [2.75, 3.05) is 0 Å². The average molecular weight is 155 g/mol. The Balaban J connectivity index is 2.50. The minimum absolute atomic E-state index is 0.657. The topological polar surface area (TPSA) is 12.9 Å². The van der Waals surface area contributed by atoms with Crippen LogP contribution >= 0.6 is 11.3 Å². The molecule has 0 N–H and O–H groups in total. The van der Waals surface area contributed by atoms with Crippen molar-refractivity contribution in [2.45, 2.75) is 32.6 Å². The summed E-state index contributed by atoms with van der Waals surface area (Å²) in [5, 5.41) is 3.32. The van der Waals surface area contributed by atoms with Gasteiger partial charge in [-0.05, 0) is 6.42 Å². The second-order valence-corrected chi connectivity index (χ2v) is 3.49. The third-order valence-electron chi connectivity index (χ3n) is 1.59. The summed E-state index contributed by atoms with van der Waals surface area (Å²) in [4.78, 5) is 4.25. The summed E-state index contributed by atoms with van der Waals surface area (Å²) in [7, 11) is 0. The zero-order chi connectivity index (χ0) is 7.40. The van der Waals surface area contributed by atoms with Crippen LogP contribution in [0.5, 0.6) is 0 Å². The van der Waals surface area contributed by atoms with Gasteiger partial charge in [-0.1, -0.05) is 20.3 Å². The Morgan fingerprint density at radius 1 is 1.70 bits per heavy atom. The summed E-state index contributed by atoms with van der Waals surface area (Å²) in [6, 6.07) is 0. The van der Waals surface area contributed by atoms with Crippen molar-refractivity contribution < 1.29 is 0 Å². The van der Waals surface area contributed by atoms with Gasteiger partial charge in [-0.15, -0.1) is 11.3 Å². The summed E-state index contributed by atoms with van der Waals surface area (Å²) in [5.41, 5.74) is 0. The number of aromatic nitrogens is 1. The molecule has 56 valence electrons. The predicted octanol–water partition coefficient (Wildman–Crippen LogP) is 3.05. The van der Waals surface area contributed by atoms with Crippen molar-refractivity contribution in [3.8, 4) is 0 Å². The van der Waals surface area contributed by atoms with Gasteiger partial charge >= 0.3 is 0 Å². The number of rotatable bonds is 3. The van der Waals surface area contributed by atoms with E-state index < -0.39 is 0 Å². The fourth-order valence-corrected chi connectivity index (χ4v) is 1.77. The molecule has 0 spiro atoms. The maximum atomic E-state index is 4.25. The molecular formula is C8H13NS. The molecule has 0 aliphatic heterocycles. The predicted molar refractivity (Wildman–Crippen MR) is 45.4 cm³/mol. The van der Waals surface area contributed by atoms with Crippen LogP contribution in [-0.2, 0) is 0 Å². The summed E-state index contributed by atoms with van der Waals surface area (Å²) in [5.74, 6) is 0.657. The summed E-state index contributed by atoms with van der Waals surface area (Å²) >= 11 is 1.76. The van der Waals surface area contributed by atoms with E-state index in [0.29, 0.717) is 5.92 Å². The molecule has 1 heterocycles. The van der Waals surface area contributed by atoms with Crippen LogP contribution in [0.25, 0.3) is 0 Å². The van der Waals surface area contributed by atoms with Gasteiger partial charge in [0.2, 0.25) is 0 Å². The van der Waals surface area contributed by atoms with Crippen LogP contribution in [0.1, 0.15) is 37.6 Å². The van der Waals surface area contributed by atoms with Gasteiger partial charge in [-0.25, -0.2) is 4.98 Å². The lowest BCUT2D eigenvalue weighted by atomic mass is 10.1. The van der Waals surface area contributed by atoms with Gasteiger partial charge in [0.25, 0.3) is 0 Å². The highest BCUT2D eigenvalue weighted by atomic mass is 32.1. The van der Waals surface area contributed by atoms with Crippen molar-refractivity contribution in [3.05, 3.63) is 16.6 Å². The van der Waals surface area contributed by atoms with Crippen molar-refractivity contribution in [1.82, 2.24) is 4.98 Å². The number of hydrogen-bond donors (Lipinski definition) is 0. The quantitative estimate of drug-likeness (QED) is 0.653. The molecule has 0 aliphatic carbocycles. The van der Waals surface area contributed by atoms with E-state index in [0.717, 1.165) is 0 Å². The lowest BCUT2D eigenvalue weighted by Crippen LogP contribution is -1.90. The van der Waals surface area contributed by atoms with E-state index in [9.17, 15) is 0 Å². The van der Waals surface area contributed by atoms with Crippen LogP contribution in [-0.4, -0.2) is 4.98 Å². The first kappa shape index (κ1) is 7.73. The Kier molecular flexibility index (Phi) is 2.87. The molecule has 0 aliphatic rings. The van der Waals surface area contributed by atoms with E-state index in [1.807, 2.05) is 11.6 Å². The van der Waals surface area contributed by atoms with Crippen LogP contribution in [0.2, 0.25) is 0 Å². The number of thiazole rings is 1. The largest absolute Gasteiger partial charge is 0.249 e. The van der Waals surface area contributed by atoms with Gasteiger partial charge in [0, 0.05) is 17.5 Å². The Morgan fingerprint density at radius 2 is 2.50 bits per heavy atom. The van der Waals surface area contributed by atoms with E-state index in [1.54, 1.807) is 11.3 Å².